The monoisotopic (exact) mass is 256 g/mol. The molecule has 1 N–H and O–H groups in total. The smallest absolute Gasteiger partial charge is 0.341 e. The van der Waals surface area contributed by atoms with Gasteiger partial charge in [-0.25, -0.2) is 4.79 Å². The Bertz CT molecular complexity index is 717. The third-order valence-corrected chi connectivity index (χ3v) is 2.61. The van der Waals surface area contributed by atoms with E-state index in [1.165, 1.54) is 6.07 Å². The van der Waals surface area contributed by atoms with Crippen molar-refractivity contribution in [2.24, 2.45) is 0 Å². The van der Waals surface area contributed by atoms with Gasteiger partial charge in [-0.15, -0.1) is 0 Å². The van der Waals surface area contributed by atoms with Crippen LogP contribution in [0.15, 0.2) is 41.7 Å². The standard InChI is InChI=1S/C14H12N2O3/c1-3-10-5-4-6-11(8-10)16-13(17)12(14(18)19)7-9(2)15-16/h3-8H,1H2,2H3,(H,18,19). The summed E-state index contributed by atoms with van der Waals surface area (Å²) in [6, 6.07) is 8.25. The lowest BCUT2D eigenvalue weighted by Crippen LogP contribution is -2.27. The number of hydrogen-bond acceptors (Lipinski definition) is 3. The molecule has 5 heteroatoms. The van der Waals surface area contributed by atoms with Gasteiger partial charge in [-0.3, -0.25) is 4.79 Å². The molecular weight excluding hydrogens is 244 g/mol. The molecule has 0 bridgehead atoms. The first-order valence-corrected chi connectivity index (χ1v) is 5.60. The highest BCUT2D eigenvalue weighted by molar-refractivity contribution is 5.87. The van der Waals surface area contributed by atoms with Gasteiger partial charge in [0, 0.05) is 0 Å². The van der Waals surface area contributed by atoms with Gasteiger partial charge in [0.25, 0.3) is 5.56 Å². The van der Waals surface area contributed by atoms with Gasteiger partial charge < -0.3 is 5.11 Å². The number of aromatic carboxylic acids is 1. The Labute approximate surface area is 109 Å². The van der Waals surface area contributed by atoms with Gasteiger partial charge in [-0.1, -0.05) is 24.8 Å². The minimum absolute atomic E-state index is 0.295. The lowest BCUT2D eigenvalue weighted by Gasteiger charge is -2.07. The van der Waals surface area contributed by atoms with Crippen LogP contribution in [0.1, 0.15) is 21.6 Å². The highest BCUT2D eigenvalue weighted by Crippen LogP contribution is 2.09. The first-order chi connectivity index (χ1) is 9.02. The molecule has 1 aromatic heterocycles. The maximum Gasteiger partial charge on any atom is 0.341 e. The number of carboxylic acid groups (broad SMARTS) is 1. The zero-order chi connectivity index (χ0) is 14.0. The van der Waals surface area contributed by atoms with Crippen molar-refractivity contribution in [3.8, 4) is 5.69 Å². The fraction of sp³-hybridized carbons (Fsp3) is 0.0714. The second kappa shape index (κ2) is 4.89. The van der Waals surface area contributed by atoms with Gasteiger partial charge in [-0.05, 0) is 30.7 Å². The topological polar surface area (TPSA) is 72.2 Å². The molecule has 0 fully saturated rings. The van der Waals surface area contributed by atoms with Crippen LogP contribution in [0.2, 0.25) is 0 Å². The van der Waals surface area contributed by atoms with E-state index in [1.807, 2.05) is 6.07 Å². The van der Waals surface area contributed by atoms with Gasteiger partial charge in [-0.2, -0.15) is 9.78 Å². The number of rotatable bonds is 3. The second-order valence-electron chi connectivity index (χ2n) is 4.02. The summed E-state index contributed by atoms with van der Waals surface area (Å²) in [5.41, 5.74) is 0.843. The minimum atomic E-state index is -1.26. The van der Waals surface area contributed by atoms with Crippen LogP contribution in [0.3, 0.4) is 0 Å². The van der Waals surface area contributed by atoms with E-state index in [9.17, 15) is 9.59 Å². The fourth-order valence-corrected chi connectivity index (χ4v) is 1.73. The zero-order valence-corrected chi connectivity index (χ0v) is 10.3. The Balaban J connectivity index is 2.71. The first-order valence-electron chi connectivity index (χ1n) is 5.60. The number of carbonyl (C=O) groups is 1. The summed E-state index contributed by atoms with van der Waals surface area (Å²) in [5.74, 6) is -1.26. The van der Waals surface area contributed by atoms with Crippen molar-refractivity contribution in [1.29, 1.82) is 0 Å². The predicted octanol–water partition coefficient (Wildman–Crippen LogP) is 1.88. The van der Waals surface area contributed by atoms with E-state index in [0.717, 1.165) is 10.2 Å². The van der Waals surface area contributed by atoms with Crippen LogP contribution < -0.4 is 5.56 Å². The molecule has 0 spiro atoms. The highest BCUT2D eigenvalue weighted by atomic mass is 16.4. The van der Waals surface area contributed by atoms with Gasteiger partial charge in [0.05, 0.1) is 11.4 Å². The molecule has 19 heavy (non-hydrogen) atoms. The molecule has 0 saturated heterocycles. The second-order valence-corrected chi connectivity index (χ2v) is 4.02. The van der Waals surface area contributed by atoms with Crippen LogP contribution in [0.5, 0.6) is 0 Å². The summed E-state index contributed by atoms with van der Waals surface area (Å²) in [5, 5.41) is 13.1. The number of benzene rings is 1. The van der Waals surface area contributed by atoms with E-state index >= 15 is 0 Å². The summed E-state index contributed by atoms with van der Waals surface area (Å²) >= 11 is 0. The molecule has 5 nitrogen and oxygen atoms in total. The van der Waals surface area contributed by atoms with Crippen LogP contribution in [-0.4, -0.2) is 20.9 Å². The Morgan fingerprint density at radius 3 is 2.79 bits per heavy atom. The number of aromatic nitrogens is 2. The van der Waals surface area contributed by atoms with Crippen molar-refractivity contribution in [3.05, 3.63) is 64.1 Å². The average molecular weight is 256 g/mol. The number of carboxylic acids is 1. The summed E-state index contributed by atoms with van der Waals surface area (Å²) in [4.78, 5) is 23.1. The van der Waals surface area contributed by atoms with Gasteiger partial charge in [0.1, 0.15) is 5.56 Å². The van der Waals surface area contributed by atoms with Crippen molar-refractivity contribution in [1.82, 2.24) is 9.78 Å². The minimum Gasteiger partial charge on any atom is -0.477 e. The lowest BCUT2D eigenvalue weighted by molar-refractivity contribution is 0.0694. The Morgan fingerprint density at radius 2 is 2.16 bits per heavy atom. The van der Waals surface area contributed by atoms with Crippen molar-refractivity contribution in [3.63, 3.8) is 0 Å². The van der Waals surface area contributed by atoms with E-state index in [1.54, 1.807) is 31.2 Å². The van der Waals surface area contributed by atoms with E-state index in [2.05, 4.69) is 11.7 Å². The van der Waals surface area contributed by atoms with Crippen LogP contribution in [0.4, 0.5) is 0 Å². The molecule has 0 aliphatic carbocycles. The summed E-state index contributed by atoms with van der Waals surface area (Å²) in [6.45, 7) is 5.29. The Hall–Kier alpha value is -2.69. The van der Waals surface area contributed by atoms with E-state index < -0.39 is 11.5 Å². The Morgan fingerprint density at radius 1 is 1.42 bits per heavy atom. The summed E-state index contributed by atoms with van der Waals surface area (Å²) in [7, 11) is 0. The fourth-order valence-electron chi connectivity index (χ4n) is 1.73. The zero-order valence-electron chi connectivity index (χ0n) is 10.3. The van der Waals surface area contributed by atoms with E-state index in [4.69, 9.17) is 5.11 Å². The lowest BCUT2D eigenvalue weighted by atomic mass is 10.2. The van der Waals surface area contributed by atoms with Crippen molar-refractivity contribution in [2.75, 3.05) is 0 Å². The highest BCUT2D eigenvalue weighted by Gasteiger charge is 2.14. The van der Waals surface area contributed by atoms with Crippen molar-refractivity contribution < 1.29 is 9.90 Å². The third-order valence-electron chi connectivity index (χ3n) is 2.61. The molecule has 0 amide bonds. The largest absolute Gasteiger partial charge is 0.477 e. The van der Waals surface area contributed by atoms with Gasteiger partial charge >= 0.3 is 5.97 Å². The molecule has 0 radical (unpaired) electrons. The molecule has 0 atom stereocenters. The normalized spacial score (nSPS) is 10.2. The average Bonchev–Trinajstić information content (AvgIpc) is 2.40. The Kier molecular flexibility index (Phi) is 3.29. The number of nitrogens with zero attached hydrogens (tertiary/aromatic N) is 2. The van der Waals surface area contributed by atoms with Crippen molar-refractivity contribution in [2.45, 2.75) is 6.92 Å². The summed E-state index contributed by atoms with van der Waals surface area (Å²) in [6.07, 6.45) is 1.64. The number of hydrogen-bond donors (Lipinski definition) is 1. The van der Waals surface area contributed by atoms with Crippen LogP contribution in [0.25, 0.3) is 11.8 Å². The first kappa shape index (κ1) is 12.8. The van der Waals surface area contributed by atoms with Crippen molar-refractivity contribution >= 4 is 12.0 Å². The van der Waals surface area contributed by atoms with Gasteiger partial charge in [0.15, 0.2) is 0 Å². The molecular formula is C14H12N2O3. The molecule has 1 heterocycles. The maximum absolute atomic E-state index is 12.1. The van der Waals surface area contributed by atoms with E-state index in [-0.39, 0.29) is 5.56 Å². The molecule has 0 unspecified atom stereocenters. The quantitative estimate of drug-likeness (QED) is 0.910. The van der Waals surface area contributed by atoms with Crippen LogP contribution in [-0.2, 0) is 0 Å². The summed E-state index contributed by atoms with van der Waals surface area (Å²) < 4.78 is 1.09. The molecule has 1 aromatic carbocycles. The van der Waals surface area contributed by atoms with Crippen LogP contribution in [0, 0.1) is 6.92 Å². The van der Waals surface area contributed by atoms with Crippen LogP contribution >= 0.6 is 0 Å². The molecule has 2 aromatic rings. The van der Waals surface area contributed by atoms with E-state index in [0.29, 0.717) is 11.4 Å². The molecule has 0 aliphatic rings. The molecule has 2 rings (SSSR count). The molecule has 96 valence electrons. The predicted molar refractivity (Wildman–Crippen MR) is 71.6 cm³/mol. The maximum atomic E-state index is 12.1. The SMILES string of the molecule is C=Cc1cccc(-n2nc(C)cc(C(=O)O)c2=O)c1. The van der Waals surface area contributed by atoms with Gasteiger partial charge in [0.2, 0.25) is 0 Å². The molecule has 0 aliphatic heterocycles. The third kappa shape index (κ3) is 2.44. The number of aryl methyl sites for hydroxylation is 1. The molecule has 0 saturated carbocycles.